The first kappa shape index (κ1) is 22.8. The van der Waals surface area contributed by atoms with Crippen LogP contribution in [0.4, 0.5) is 0 Å². The number of ether oxygens (including phenoxy) is 2. The summed E-state index contributed by atoms with van der Waals surface area (Å²) >= 11 is 0. The standard InChI is InChI=1S/C27H30N2O4/c1-16(2)15-33-27(31)24-17(3)29-22-13-20(18-5-7-21(32-4)8-6-18)14-23(30)26(22)25(24)19-9-11-28-12-10-19/h5-12,16,20,24-25,29H,3,13-15H2,1-2,4H3/p+1. The zero-order valence-corrected chi connectivity index (χ0v) is 19.4. The molecule has 172 valence electrons. The van der Waals surface area contributed by atoms with Crippen molar-refractivity contribution in [1.82, 2.24) is 5.32 Å². The highest BCUT2D eigenvalue weighted by molar-refractivity contribution is 6.01. The molecule has 2 aliphatic rings. The van der Waals surface area contributed by atoms with Crippen LogP contribution in [0.3, 0.4) is 0 Å². The Balaban J connectivity index is 1.71. The number of esters is 1. The first-order valence-electron chi connectivity index (χ1n) is 11.4. The minimum Gasteiger partial charge on any atom is -0.497 e. The van der Waals surface area contributed by atoms with E-state index in [1.165, 1.54) is 0 Å². The van der Waals surface area contributed by atoms with Crippen molar-refractivity contribution in [3.05, 3.63) is 83.5 Å². The molecule has 33 heavy (non-hydrogen) atoms. The number of carbonyl (C=O) groups excluding carboxylic acids is 2. The number of hydrogen-bond donors (Lipinski definition) is 1. The lowest BCUT2D eigenvalue weighted by molar-refractivity contribution is -0.378. The Kier molecular flexibility index (Phi) is 6.63. The number of methoxy groups -OCH3 is 1. The molecular formula is C27H31N2O4+. The molecule has 3 unspecified atom stereocenters. The predicted molar refractivity (Wildman–Crippen MR) is 124 cm³/mol. The molecule has 0 spiro atoms. The van der Waals surface area contributed by atoms with Gasteiger partial charge < -0.3 is 14.8 Å². The molecule has 2 aromatic rings. The molecule has 0 amide bonds. The van der Waals surface area contributed by atoms with Crippen molar-refractivity contribution in [1.29, 1.82) is 0 Å². The van der Waals surface area contributed by atoms with Crippen LogP contribution in [0, 0.1) is 11.8 Å². The van der Waals surface area contributed by atoms with Crippen LogP contribution >= 0.6 is 0 Å². The van der Waals surface area contributed by atoms with Gasteiger partial charge >= 0.3 is 5.97 Å². The molecule has 3 atom stereocenters. The summed E-state index contributed by atoms with van der Waals surface area (Å²) in [7, 11) is 1.64. The number of pyridine rings is 1. The van der Waals surface area contributed by atoms with Crippen LogP contribution in [0.5, 0.6) is 5.75 Å². The van der Waals surface area contributed by atoms with E-state index in [-0.39, 0.29) is 23.6 Å². The topological polar surface area (TPSA) is 78.8 Å². The van der Waals surface area contributed by atoms with Gasteiger partial charge in [0.15, 0.2) is 18.2 Å². The monoisotopic (exact) mass is 447 g/mol. The molecule has 0 bridgehead atoms. The predicted octanol–water partition coefficient (Wildman–Crippen LogP) is 3.93. The molecule has 4 rings (SSSR count). The summed E-state index contributed by atoms with van der Waals surface area (Å²) in [5, 5.41) is 3.32. The zero-order valence-electron chi connectivity index (χ0n) is 19.4. The number of rotatable bonds is 6. The van der Waals surface area contributed by atoms with Crippen LogP contribution in [-0.4, -0.2) is 25.5 Å². The van der Waals surface area contributed by atoms with Crippen LogP contribution in [-0.2, 0) is 14.3 Å². The van der Waals surface area contributed by atoms with Gasteiger partial charge in [0.25, 0.3) is 0 Å². The molecule has 6 heteroatoms. The average Bonchev–Trinajstić information content (AvgIpc) is 2.82. The molecule has 1 aliphatic carbocycles. The average molecular weight is 448 g/mol. The van der Waals surface area contributed by atoms with E-state index in [0.29, 0.717) is 30.7 Å². The van der Waals surface area contributed by atoms with E-state index in [1.54, 1.807) is 7.11 Å². The molecule has 1 aliphatic heterocycles. The van der Waals surface area contributed by atoms with E-state index in [9.17, 15) is 9.59 Å². The van der Waals surface area contributed by atoms with Gasteiger partial charge in [-0.1, -0.05) is 32.6 Å². The summed E-state index contributed by atoms with van der Waals surface area (Å²) in [5.41, 5.74) is 4.08. The molecule has 1 aromatic carbocycles. The Morgan fingerprint density at radius 2 is 1.82 bits per heavy atom. The van der Waals surface area contributed by atoms with E-state index >= 15 is 0 Å². The number of ketones is 1. The molecule has 0 saturated heterocycles. The summed E-state index contributed by atoms with van der Waals surface area (Å²) in [6.07, 6.45) is 4.69. The third kappa shape index (κ3) is 4.70. The molecule has 0 saturated carbocycles. The fourth-order valence-corrected chi connectivity index (χ4v) is 4.74. The van der Waals surface area contributed by atoms with Crippen molar-refractivity contribution in [3.8, 4) is 5.75 Å². The normalized spacial score (nSPS) is 22.6. The van der Waals surface area contributed by atoms with Crippen molar-refractivity contribution in [2.75, 3.05) is 13.7 Å². The maximum Gasteiger partial charge on any atom is 0.315 e. The Labute approximate surface area is 194 Å². The van der Waals surface area contributed by atoms with Crippen molar-refractivity contribution in [2.24, 2.45) is 11.8 Å². The smallest absolute Gasteiger partial charge is 0.315 e. The minimum atomic E-state index is -0.661. The van der Waals surface area contributed by atoms with Crippen LogP contribution in [0.25, 0.3) is 0 Å². The quantitative estimate of drug-likeness (QED) is 0.679. The maximum absolute atomic E-state index is 13.5. The van der Waals surface area contributed by atoms with E-state index in [4.69, 9.17) is 9.47 Å². The van der Waals surface area contributed by atoms with Crippen molar-refractivity contribution >= 4 is 11.8 Å². The van der Waals surface area contributed by atoms with Gasteiger partial charge in [0.05, 0.1) is 13.7 Å². The molecule has 6 nitrogen and oxygen atoms in total. The summed E-state index contributed by atoms with van der Waals surface area (Å²) in [6, 6.07) is 11.7. The fraction of sp³-hybridized carbons (Fsp3) is 0.370. The molecular weight excluding hydrogens is 416 g/mol. The highest BCUT2D eigenvalue weighted by Crippen LogP contribution is 2.47. The van der Waals surface area contributed by atoms with Crippen molar-refractivity contribution < 1.29 is 24.0 Å². The summed E-state index contributed by atoms with van der Waals surface area (Å²) in [4.78, 5) is 29.7. The first-order valence-corrected chi connectivity index (χ1v) is 11.4. The Hall–Kier alpha value is -3.41. The number of Topliss-reactive ketones (excluding diaryl/α,β-unsaturated/α-hetero) is 1. The summed E-state index contributed by atoms with van der Waals surface area (Å²) < 4.78 is 10.9. The maximum atomic E-state index is 13.5. The Morgan fingerprint density at radius 1 is 1.12 bits per heavy atom. The number of carbonyl (C=O) groups is 2. The van der Waals surface area contributed by atoms with Gasteiger partial charge in [-0.25, -0.2) is 4.98 Å². The highest BCUT2D eigenvalue weighted by Gasteiger charge is 2.45. The van der Waals surface area contributed by atoms with Gasteiger partial charge in [-0.15, -0.1) is 0 Å². The summed E-state index contributed by atoms with van der Waals surface area (Å²) in [6.45, 7) is 8.50. The van der Waals surface area contributed by atoms with E-state index in [2.05, 4.69) is 16.9 Å². The number of nitrogens with one attached hydrogen (secondary N) is 2. The third-order valence-corrected chi connectivity index (χ3v) is 6.34. The number of allylic oxidation sites excluding steroid dienone is 2. The van der Waals surface area contributed by atoms with Crippen LogP contribution in [0.15, 0.2) is 72.3 Å². The van der Waals surface area contributed by atoms with Crippen LogP contribution < -0.4 is 15.0 Å². The lowest BCUT2D eigenvalue weighted by Crippen LogP contribution is -2.42. The lowest BCUT2D eigenvalue weighted by atomic mass is 9.69. The number of hydrogen-bond acceptors (Lipinski definition) is 5. The molecule has 1 aromatic heterocycles. The van der Waals surface area contributed by atoms with E-state index in [1.807, 2.05) is 62.6 Å². The van der Waals surface area contributed by atoms with Gasteiger partial charge in [0.2, 0.25) is 0 Å². The lowest BCUT2D eigenvalue weighted by Gasteiger charge is -2.40. The Morgan fingerprint density at radius 3 is 2.45 bits per heavy atom. The van der Waals surface area contributed by atoms with Crippen LogP contribution in [0.1, 0.15) is 49.7 Å². The van der Waals surface area contributed by atoms with Gasteiger partial charge in [-0.2, -0.15) is 0 Å². The van der Waals surface area contributed by atoms with Crippen LogP contribution in [0.2, 0.25) is 0 Å². The second-order valence-corrected chi connectivity index (χ2v) is 9.16. The minimum absolute atomic E-state index is 0.0524. The molecule has 2 N–H and O–H groups in total. The van der Waals surface area contributed by atoms with E-state index < -0.39 is 11.8 Å². The van der Waals surface area contributed by atoms with E-state index in [0.717, 1.165) is 22.6 Å². The molecule has 2 heterocycles. The SMILES string of the molecule is C=C1NC2=C(C(=O)CC(c3ccc(OC)cc3)C2)C(c2cc[nH+]cc2)C1C(=O)OCC(C)C. The van der Waals surface area contributed by atoms with Gasteiger partial charge in [-0.3, -0.25) is 9.59 Å². The van der Waals surface area contributed by atoms with Crippen molar-refractivity contribution in [3.63, 3.8) is 0 Å². The van der Waals surface area contributed by atoms with Gasteiger partial charge in [0.1, 0.15) is 11.7 Å². The fourth-order valence-electron chi connectivity index (χ4n) is 4.74. The number of benzene rings is 1. The van der Waals surface area contributed by atoms with Gasteiger partial charge in [-0.05, 0) is 41.5 Å². The highest BCUT2D eigenvalue weighted by atomic mass is 16.5. The molecule has 0 radical (unpaired) electrons. The van der Waals surface area contributed by atoms with Crippen molar-refractivity contribution in [2.45, 2.75) is 38.5 Å². The molecule has 0 fully saturated rings. The second kappa shape index (κ2) is 9.61. The largest absolute Gasteiger partial charge is 0.497 e. The second-order valence-electron chi connectivity index (χ2n) is 9.16. The summed E-state index contributed by atoms with van der Waals surface area (Å²) in [5.74, 6) is -0.323. The first-order chi connectivity index (χ1) is 15.9. The number of H-pyrrole nitrogens is 1. The third-order valence-electron chi connectivity index (χ3n) is 6.34. The zero-order chi connectivity index (χ0) is 23.5. The van der Waals surface area contributed by atoms with Gasteiger partial charge in [0, 0.05) is 41.4 Å². The number of aromatic nitrogens is 1. The Bertz CT molecular complexity index is 1070. The number of aromatic amines is 1.